The Balaban J connectivity index is 2.06. The normalized spacial score (nSPS) is 16.2. The van der Waals surface area contributed by atoms with E-state index in [1.54, 1.807) is 0 Å². The van der Waals surface area contributed by atoms with Crippen molar-refractivity contribution in [3.63, 3.8) is 0 Å². The zero-order valence-corrected chi connectivity index (χ0v) is 11.6. The second kappa shape index (κ2) is 5.89. The van der Waals surface area contributed by atoms with Crippen molar-refractivity contribution in [2.75, 3.05) is 13.2 Å². The molecule has 1 N–H and O–H groups in total. The van der Waals surface area contributed by atoms with Crippen LogP contribution in [0.1, 0.15) is 25.0 Å². The smallest absolute Gasteiger partial charge is 0.0611 e. The molecule has 1 aromatic carbocycles. The molecule has 17 heavy (non-hydrogen) atoms. The van der Waals surface area contributed by atoms with E-state index in [0.29, 0.717) is 11.3 Å². The lowest BCUT2D eigenvalue weighted by molar-refractivity contribution is 0.0455. The fraction of sp³-hybridized carbons (Fsp3) is 0.571. The minimum absolute atomic E-state index is 0.528. The average molecular weight is 251 g/mol. The van der Waals surface area contributed by atoms with E-state index in [1.165, 1.54) is 16.0 Å². The zero-order valence-electron chi connectivity index (χ0n) is 10.8. The minimum atomic E-state index is 0.528. The van der Waals surface area contributed by atoms with Gasteiger partial charge in [0.2, 0.25) is 0 Å². The molecule has 2 nitrogen and oxygen atoms in total. The predicted molar refractivity (Wildman–Crippen MR) is 73.6 cm³/mol. The Morgan fingerprint density at radius 2 is 2.18 bits per heavy atom. The summed E-state index contributed by atoms with van der Waals surface area (Å²) in [7, 11) is 0. The van der Waals surface area contributed by atoms with E-state index in [4.69, 9.17) is 4.74 Å². The van der Waals surface area contributed by atoms with Gasteiger partial charge in [0.15, 0.2) is 0 Å². The average Bonchev–Trinajstić information content (AvgIpc) is 2.22. The molecule has 3 heteroatoms. The SMILES string of the molecule is Cc1ccc(SC2COC2)c(CNC(C)C)c1. The van der Waals surface area contributed by atoms with E-state index < -0.39 is 0 Å². The maximum absolute atomic E-state index is 5.23. The Morgan fingerprint density at radius 3 is 2.76 bits per heavy atom. The summed E-state index contributed by atoms with van der Waals surface area (Å²) in [6.45, 7) is 9.27. The van der Waals surface area contributed by atoms with Crippen molar-refractivity contribution < 1.29 is 4.74 Å². The van der Waals surface area contributed by atoms with Crippen LogP contribution in [0, 0.1) is 6.92 Å². The molecule has 0 radical (unpaired) electrons. The summed E-state index contributed by atoms with van der Waals surface area (Å²) in [5.41, 5.74) is 2.75. The quantitative estimate of drug-likeness (QED) is 0.869. The van der Waals surface area contributed by atoms with Crippen molar-refractivity contribution in [1.29, 1.82) is 0 Å². The summed E-state index contributed by atoms with van der Waals surface area (Å²) in [5.74, 6) is 0. The summed E-state index contributed by atoms with van der Waals surface area (Å²) in [6.07, 6.45) is 0. The molecule has 1 aliphatic heterocycles. The molecular formula is C14H21NOS. The van der Waals surface area contributed by atoms with Crippen LogP contribution in [0.2, 0.25) is 0 Å². The van der Waals surface area contributed by atoms with E-state index in [0.717, 1.165) is 19.8 Å². The van der Waals surface area contributed by atoms with Crippen LogP contribution in [0.3, 0.4) is 0 Å². The molecule has 1 fully saturated rings. The van der Waals surface area contributed by atoms with Crippen LogP contribution in [-0.4, -0.2) is 24.5 Å². The largest absolute Gasteiger partial charge is 0.379 e. The molecule has 0 spiro atoms. The number of thioether (sulfide) groups is 1. The highest BCUT2D eigenvalue weighted by atomic mass is 32.2. The summed E-state index contributed by atoms with van der Waals surface area (Å²) in [4.78, 5) is 1.40. The molecule has 94 valence electrons. The molecule has 0 aliphatic carbocycles. The third kappa shape index (κ3) is 3.73. The molecule has 1 aromatic rings. The van der Waals surface area contributed by atoms with Crippen molar-refractivity contribution in [3.05, 3.63) is 29.3 Å². The second-order valence-corrected chi connectivity index (χ2v) is 6.27. The van der Waals surface area contributed by atoms with Crippen molar-refractivity contribution in [2.24, 2.45) is 0 Å². The molecule has 2 rings (SSSR count). The van der Waals surface area contributed by atoms with Gasteiger partial charge in [-0.25, -0.2) is 0 Å². The van der Waals surface area contributed by atoms with E-state index in [9.17, 15) is 0 Å². The Labute approximate surface area is 108 Å². The molecular weight excluding hydrogens is 230 g/mol. The fourth-order valence-electron chi connectivity index (χ4n) is 1.74. The predicted octanol–water partition coefficient (Wildman–Crippen LogP) is 2.98. The lowest BCUT2D eigenvalue weighted by Gasteiger charge is -2.26. The van der Waals surface area contributed by atoms with Gasteiger partial charge in [0.05, 0.1) is 18.5 Å². The van der Waals surface area contributed by atoms with Gasteiger partial charge in [-0.05, 0) is 18.6 Å². The van der Waals surface area contributed by atoms with Gasteiger partial charge in [0.25, 0.3) is 0 Å². The van der Waals surface area contributed by atoms with Gasteiger partial charge >= 0.3 is 0 Å². The number of ether oxygens (including phenoxy) is 1. The van der Waals surface area contributed by atoms with Gasteiger partial charge in [-0.3, -0.25) is 0 Å². The van der Waals surface area contributed by atoms with Gasteiger partial charge in [-0.15, -0.1) is 11.8 Å². The molecule has 0 atom stereocenters. The van der Waals surface area contributed by atoms with Gasteiger partial charge in [0.1, 0.15) is 0 Å². The fourth-order valence-corrected chi connectivity index (χ4v) is 2.85. The van der Waals surface area contributed by atoms with E-state index in [1.807, 2.05) is 11.8 Å². The Bertz CT molecular complexity index is 374. The lowest BCUT2D eigenvalue weighted by Crippen LogP contribution is -2.30. The van der Waals surface area contributed by atoms with Crippen LogP contribution in [0.25, 0.3) is 0 Å². The monoisotopic (exact) mass is 251 g/mol. The zero-order chi connectivity index (χ0) is 12.3. The molecule has 0 aromatic heterocycles. The highest BCUT2D eigenvalue weighted by molar-refractivity contribution is 8.00. The first-order valence-electron chi connectivity index (χ1n) is 6.22. The van der Waals surface area contributed by atoms with Gasteiger partial charge in [0, 0.05) is 17.5 Å². The Morgan fingerprint density at radius 1 is 1.41 bits per heavy atom. The highest BCUT2D eigenvalue weighted by Gasteiger charge is 2.20. The van der Waals surface area contributed by atoms with Crippen LogP contribution in [-0.2, 0) is 11.3 Å². The number of hydrogen-bond acceptors (Lipinski definition) is 3. The molecule has 0 amide bonds. The molecule has 1 saturated heterocycles. The summed E-state index contributed by atoms with van der Waals surface area (Å²) < 4.78 is 5.23. The molecule has 1 heterocycles. The van der Waals surface area contributed by atoms with Gasteiger partial charge < -0.3 is 10.1 Å². The standard InChI is InChI=1S/C14H21NOS/c1-10(2)15-7-12-6-11(3)4-5-14(12)17-13-8-16-9-13/h4-6,10,13,15H,7-9H2,1-3H3. The topological polar surface area (TPSA) is 21.3 Å². The number of aryl methyl sites for hydroxylation is 1. The van der Waals surface area contributed by atoms with E-state index in [2.05, 4.69) is 44.3 Å². The molecule has 0 bridgehead atoms. The number of rotatable bonds is 5. The first-order valence-corrected chi connectivity index (χ1v) is 7.10. The number of benzene rings is 1. The third-order valence-corrected chi connectivity index (χ3v) is 4.08. The van der Waals surface area contributed by atoms with Crippen LogP contribution in [0.5, 0.6) is 0 Å². The van der Waals surface area contributed by atoms with Crippen LogP contribution >= 0.6 is 11.8 Å². The first-order chi connectivity index (χ1) is 8.15. The third-order valence-electron chi connectivity index (χ3n) is 2.82. The van der Waals surface area contributed by atoms with Gasteiger partial charge in [-0.2, -0.15) is 0 Å². The van der Waals surface area contributed by atoms with Crippen LogP contribution < -0.4 is 5.32 Å². The first kappa shape index (κ1) is 12.9. The molecule has 0 unspecified atom stereocenters. The van der Waals surface area contributed by atoms with Gasteiger partial charge in [-0.1, -0.05) is 31.5 Å². The van der Waals surface area contributed by atoms with E-state index >= 15 is 0 Å². The maximum Gasteiger partial charge on any atom is 0.0611 e. The minimum Gasteiger partial charge on any atom is -0.379 e. The van der Waals surface area contributed by atoms with Crippen LogP contribution in [0.15, 0.2) is 23.1 Å². The van der Waals surface area contributed by atoms with Crippen molar-refractivity contribution >= 4 is 11.8 Å². The summed E-state index contributed by atoms with van der Waals surface area (Å²) >= 11 is 1.95. The molecule has 1 aliphatic rings. The van der Waals surface area contributed by atoms with Crippen molar-refractivity contribution in [2.45, 2.75) is 43.5 Å². The summed E-state index contributed by atoms with van der Waals surface area (Å²) in [5, 5.41) is 4.14. The van der Waals surface area contributed by atoms with Crippen molar-refractivity contribution in [3.8, 4) is 0 Å². The van der Waals surface area contributed by atoms with E-state index in [-0.39, 0.29) is 0 Å². The number of nitrogens with one attached hydrogen (secondary N) is 1. The Hall–Kier alpha value is -0.510. The Kier molecular flexibility index (Phi) is 4.48. The highest BCUT2D eigenvalue weighted by Crippen LogP contribution is 2.31. The van der Waals surface area contributed by atoms with Crippen LogP contribution in [0.4, 0.5) is 0 Å². The molecule has 0 saturated carbocycles. The number of hydrogen-bond donors (Lipinski definition) is 1. The van der Waals surface area contributed by atoms with Crippen molar-refractivity contribution in [1.82, 2.24) is 5.32 Å². The summed E-state index contributed by atoms with van der Waals surface area (Å²) in [6, 6.07) is 7.26. The second-order valence-electron chi connectivity index (χ2n) is 4.92. The maximum atomic E-state index is 5.23. The lowest BCUT2D eigenvalue weighted by atomic mass is 10.1.